The van der Waals surface area contributed by atoms with Crippen LogP contribution in [0, 0.1) is 0 Å². The number of aryl methyl sites for hydroxylation is 1. The summed E-state index contributed by atoms with van der Waals surface area (Å²) in [4.78, 5) is 15.4. The fourth-order valence-electron chi connectivity index (χ4n) is 3.02. The Hall–Kier alpha value is -2.95. The minimum Gasteiger partial charge on any atom is -0.494 e. The van der Waals surface area contributed by atoms with Crippen LogP contribution in [-0.4, -0.2) is 18.2 Å². The predicted octanol–water partition coefficient (Wildman–Crippen LogP) is 4.50. The van der Waals surface area contributed by atoms with Crippen molar-refractivity contribution < 1.29 is 9.47 Å². The number of hydrogen-bond donors (Lipinski definition) is 2. The Bertz CT molecular complexity index is 979. The highest BCUT2D eigenvalue weighted by molar-refractivity contribution is 5.79. The molecule has 5 heteroatoms. The number of anilines is 1. The Morgan fingerprint density at radius 1 is 0.963 bits per heavy atom. The van der Waals surface area contributed by atoms with E-state index in [9.17, 15) is 4.79 Å². The summed E-state index contributed by atoms with van der Waals surface area (Å²) in [5, 5.41) is 4.36. The molecule has 1 heterocycles. The molecule has 2 aromatic carbocycles. The lowest BCUT2D eigenvalue weighted by atomic mass is 10.1. The molecule has 3 aromatic rings. The Morgan fingerprint density at radius 3 is 2.52 bits per heavy atom. The molecule has 0 bridgehead atoms. The lowest BCUT2D eigenvalue weighted by molar-refractivity contribution is 0.324. The van der Waals surface area contributed by atoms with E-state index in [1.165, 1.54) is 5.56 Å². The largest absolute Gasteiger partial charge is 0.494 e. The smallest absolute Gasteiger partial charge is 0.253 e. The number of rotatable bonds is 8. The average Bonchev–Trinajstić information content (AvgIpc) is 2.67. The van der Waals surface area contributed by atoms with Crippen LogP contribution in [0.3, 0.4) is 0 Å². The highest BCUT2D eigenvalue weighted by Crippen LogP contribution is 2.30. The summed E-state index contributed by atoms with van der Waals surface area (Å²) in [6, 6.07) is 13.8. The van der Waals surface area contributed by atoms with E-state index in [1.807, 2.05) is 50.2 Å². The first-order valence-corrected chi connectivity index (χ1v) is 9.43. The molecule has 0 aliphatic heterocycles. The summed E-state index contributed by atoms with van der Waals surface area (Å²) in [5.74, 6) is 1.48. The maximum absolute atomic E-state index is 12.4. The third-order valence-electron chi connectivity index (χ3n) is 4.43. The molecule has 1 aromatic heterocycles. The van der Waals surface area contributed by atoms with Crippen molar-refractivity contribution in [3.05, 3.63) is 63.9 Å². The fraction of sp³-hybridized carbons (Fsp3) is 0.318. The zero-order chi connectivity index (χ0) is 19.2. The second-order valence-corrected chi connectivity index (χ2v) is 6.28. The van der Waals surface area contributed by atoms with Gasteiger partial charge in [0, 0.05) is 23.7 Å². The number of ether oxygens (including phenoxy) is 2. The van der Waals surface area contributed by atoms with Gasteiger partial charge in [0.2, 0.25) is 0 Å². The van der Waals surface area contributed by atoms with Gasteiger partial charge in [-0.25, -0.2) is 0 Å². The summed E-state index contributed by atoms with van der Waals surface area (Å²) < 4.78 is 11.3. The van der Waals surface area contributed by atoms with Crippen LogP contribution in [0.2, 0.25) is 0 Å². The van der Waals surface area contributed by atoms with E-state index in [0.29, 0.717) is 31.1 Å². The van der Waals surface area contributed by atoms with Gasteiger partial charge in [0.1, 0.15) is 11.5 Å². The van der Waals surface area contributed by atoms with Crippen LogP contribution >= 0.6 is 0 Å². The lowest BCUT2D eigenvalue weighted by Crippen LogP contribution is -2.16. The van der Waals surface area contributed by atoms with Gasteiger partial charge in [-0.3, -0.25) is 4.79 Å². The van der Waals surface area contributed by atoms with Gasteiger partial charge in [-0.1, -0.05) is 13.0 Å². The Kier molecular flexibility index (Phi) is 6.01. The number of nitrogens with one attached hydrogen (secondary N) is 2. The molecule has 0 unspecified atom stereocenters. The van der Waals surface area contributed by atoms with Crippen LogP contribution in [0.15, 0.2) is 47.3 Å². The fourth-order valence-corrected chi connectivity index (χ4v) is 3.02. The maximum atomic E-state index is 12.4. The summed E-state index contributed by atoms with van der Waals surface area (Å²) in [7, 11) is 0. The number of H-pyrrole nitrogens is 1. The molecular formula is C22H26N2O3. The molecule has 0 fully saturated rings. The maximum Gasteiger partial charge on any atom is 0.253 e. The first kappa shape index (κ1) is 18.8. The number of benzene rings is 2. The van der Waals surface area contributed by atoms with Gasteiger partial charge in [0.25, 0.3) is 5.56 Å². The molecule has 0 saturated carbocycles. The van der Waals surface area contributed by atoms with Crippen molar-refractivity contribution in [2.24, 2.45) is 0 Å². The molecule has 0 aliphatic rings. The molecule has 2 N–H and O–H groups in total. The van der Waals surface area contributed by atoms with Crippen molar-refractivity contribution in [3.8, 4) is 11.5 Å². The Balaban J connectivity index is 1.85. The summed E-state index contributed by atoms with van der Waals surface area (Å²) in [5.41, 5.74) is 3.55. The van der Waals surface area contributed by atoms with Crippen LogP contribution < -0.4 is 20.3 Å². The van der Waals surface area contributed by atoms with E-state index >= 15 is 0 Å². The van der Waals surface area contributed by atoms with E-state index in [1.54, 1.807) is 0 Å². The Morgan fingerprint density at radius 2 is 1.78 bits per heavy atom. The quantitative estimate of drug-likeness (QED) is 0.616. The van der Waals surface area contributed by atoms with Crippen molar-refractivity contribution in [1.82, 2.24) is 4.98 Å². The van der Waals surface area contributed by atoms with Gasteiger partial charge in [-0.15, -0.1) is 0 Å². The third-order valence-corrected chi connectivity index (χ3v) is 4.43. The highest BCUT2D eigenvalue weighted by atomic mass is 16.5. The molecule has 0 aliphatic carbocycles. The monoisotopic (exact) mass is 366 g/mol. The number of fused-ring (bicyclic) bond motifs is 1. The summed E-state index contributed by atoms with van der Waals surface area (Å²) >= 11 is 0. The van der Waals surface area contributed by atoms with Crippen molar-refractivity contribution >= 4 is 16.6 Å². The molecule has 0 amide bonds. The molecule has 27 heavy (non-hydrogen) atoms. The van der Waals surface area contributed by atoms with Gasteiger partial charge in [-0.2, -0.15) is 0 Å². The molecule has 0 saturated heterocycles. The first-order chi connectivity index (χ1) is 13.1. The number of hydrogen-bond acceptors (Lipinski definition) is 4. The topological polar surface area (TPSA) is 63.3 Å². The minimum absolute atomic E-state index is 0.0804. The van der Waals surface area contributed by atoms with Crippen molar-refractivity contribution in [3.63, 3.8) is 0 Å². The molecule has 142 valence electrons. The minimum atomic E-state index is -0.0804. The van der Waals surface area contributed by atoms with Crippen LogP contribution in [-0.2, 0) is 13.0 Å². The zero-order valence-corrected chi connectivity index (χ0v) is 16.1. The molecule has 0 spiro atoms. The second kappa shape index (κ2) is 8.62. The lowest BCUT2D eigenvalue weighted by Gasteiger charge is -2.14. The van der Waals surface area contributed by atoms with Gasteiger partial charge in [0.15, 0.2) is 0 Å². The van der Waals surface area contributed by atoms with Gasteiger partial charge in [-0.05, 0) is 61.5 Å². The van der Waals surface area contributed by atoms with E-state index < -0.39 is 0 Å². The zero-order valence-electron chi connectivity index (χ0n) is 16.1. The van der Waals surface area contributed by atoms with Gasteiger partial charge < -0.3 is 19.8 Å². The van der Waals surface area contributed by atoms with E-state index in [0.717, 1.165) is 28.8 Å². The Labute approximate surface area is 159 Å². The molecular weight excluding hydrogens is 340 g/mol. The number of aromatic nitrogens is 1. The SMILES string of the molecule is CCOc1ccc(NCc2cc3cc(CC)ccc3[nH]c2=O)c(OCC)c1. The van der Waals surface area contributed by atoms with Crippen LogP contribution in [0.25, 0.3) is 10.9 Å². The molecule has 0 radical (unpaired) electrons. The number of aromatic amines is 1. The standard InChI is InChI=1S/C22H26N2O3/c1-4-15-7-9-19-16(11-15)12-17(22(25)24-19)14-23-20-10-8-18(26-5-2)13-21(20)27-6-3/h7-13,23H,4-6,14H2,1-3H3,(H,24,25). The van der Waals surface area contributed by atoms with E-state index in [2.05, 4.69) is 23.3 Å². The first-order valence-electron chi connectivity index (χ1n) is 9.43. The van der Waals surface area contributed by atoms with Crippen molar-refractivity contribution in [2.45, 2.75) is 33.7 Å². The van der Waals surface area contributed by atoms with E-state index in [4.69, 9.17) is 9.47 Å². The van der Waals surface area contributed by atoms with Gasteiger partial charge in [0.05, 0.1) is 18.9 Å². The average molecular weight is 366 g/mol. The van der Waals surface area contributed by atoms with Crippen molar-refractivity contribution in [2.75, 3.05) is 18.5 Å². The van der Waals surface area contributed by atoms with Crippen LogP contribution in [0.5, 0.6) is 11.5 Å². The molecule has 5 nitrogen and oxygen atoms in total. The van der Waals surface area contributed by atoms with E-state index in [-0.39, 0.29) is 5.56 Å². The summed E-state index contributed by atoms with van der Waals surface area (Å²) in [6.07, 6.45) is 0.965. The van der Waals surface area contributed by atoms with Gasteiger partial charge >= 0.3 is 0 Å². The van der Waals surface area contributed by atoms with Crippen LogP contribution in [0.4, 0.5) is 5.69 Å². The molecule has 0 atom stereocenters. The van der Waals surface area contributed by atoms with Crippen LogP contribution in [0.1, 0.15) is 31.9 Å². The molecule has 3 rings (SSSR count). The number of pyridine rings is 1. The summed E-state index contributed by atoms with van der Waals surface area (Å²) in [6.45, 7) is 7.58. The predicted molar refractivity (Wildman–Crippen MR) is 110 cm³/mol. The second-order valence-electron chi connectivity index (χ2n) is 6.28. The third kappa shape index (κ3) is 4.42. The van der Waals surface area contributed by atoms with Crippen molar-refractivity contribution in [1.29, 1.82) is 0 Å². The highest BCUT2D eigenvalue weighted by Gasteiger charge is 2.08. The normalized spacial score (nSPS) is 10.8.